The van der Waals surface area contributed by atoms with Crippen molar-refractivity contribution < 1.29 is 4.79 Å². The molecule has 5 nitrogen and oxygen atoms in total. The van der Waals surface area contributed by atoms with Crippen LogP contribution in [-0.2, 0) is 10.5 Å². The number of benzene rings is 2. The van der Waals surface area contributed by atoms with Crippen LogP contribution in [-0.4, -0.2) is 15.3 Å². The zero-order valence-electron chi connectivity index (χ0n) is 18.2. The highest BCUT2D eigenvalue weighted by Crippen LogP contribution is 2.32. The molecular weight excluding hydrogens is 450 g/mol. The number of thioether (sulfide) groups is 1. The maximum atomic E-state index is 12.9. The molecule has 0 spiro atoms. The summed E-state index contributed by atoms with van der Waals surface area (Å²) in [5, 5.41) is 5.11. The molecule has 1 fully saturated rings. The van der Waals surface area contributed by atoms with Crippen molar-refractivity contribution in [3.8, 4) is 11.3 Å². The third-order valence-electron chi connectivity index (χ3n) is 6.02. The van der Waals surface area contributed by atoms with Crippen molar-refractivity contribution in [2.75, 3.05) is 5.32 Å². The minimum atomic E-state index is -0.0745. The standard InChI is InChI=1S/C26H25N3O2S2/c30-24-15-20(27-26-29(24)22(17-33-26)18-9-3-1-4-10-18)16-32-23-14-8-7-13-21(23)28-25(31)19-11-5-2-6-12-19/h1,3-4,7-10,13-15,17,19H,2,5-6,11-12,16H2,(H,28,31). The highest BCUT2D eigenvalue weighted by Gasteiger charge is 2.21. The Morgan fingerprint density at radius 2 is 1.82 bits per heavy atom. The molecule has 0 unspecified atom stereocenters. The Morgan fingerprint density at radius 3 is 2.64 bits per heavy atom. The van der Waals surface area contributed by atoms with E-state index in [0.717, 1.165) is 53.2 Å². The fourth-order valence-electron chi connectivity index (χ4n) is 4.30. The van der Waals surface area contributed by atoms with Gasteiger partial charge in [-0.1, -0.05) is 61.7 Å². The highest BCUT2D eigenvalue weighted by molar-refractivity contribution is 7.98. The number of carbonyl (C=O) groups excluding carboxylic acids is 1. The lowest BCUT2D eigenvalue weighted by molar-refractivity contribution is -0.120. The molecule has 1 aliphatic carbocycles. The molecule has 5 rings (SSSR count). The maximum Gasteiger partial charge on any atom is 0.259 e. The Bertz CT molecular complexity index is 1320. The minimum Gasteiger partial charge on any atom is -0.325 e. The molecular formula is C26H25N3O2S2. The quantitative estimate of drug-likeness (QED) is 0.336. The fraction of sp³-hybridized carbons (Fsp3) is 0.269. The van der Waals surface area contributed by atoms with E-state index in [0.29, 0.717) is 10.7 Å². The van der Waals surface area contributed by atoms with Crippen LogP contribution in [0.5, 0.6) is 0 Å². The van der Waals surface area contributed by atoms with Gasteiger partial charge in [-0.25, -0.2) is 4.98 Å². The average molecular weight is 476 g/mol. The predicted molar refractivity (Wildman–Crippen MR) is 136 cm³/mol. The van der Waals surface area contributed by atoms with Gasteiger partial charge >= 0.3 is 0 Å². The van der Waals surface area contributed by atoms with Gasteiger partial charge in [0, 0.05) is 28.0 Å². The van der Waals surface area contributed by atoms with Crippen LogP contribution in [0.15, 0.2) is 75.7 Å². The van der Waals surface area contributed by atoms with Crippen LogP contribution in [0.2, 0.25) is 0 Å². The van der Waals surface area contributed by atoms with E-state index in [9.17, 15) is 9.59 Å². The van der Waals surface area contributed by atoms with Crippen molar-refractivity contribution in [2.45, 2.75) is 42.8 Å². The van der Waals surface area contributed by atoms with Crippen LogP contribution in [0.1, 0.15) is 37.8 Å². The largest absolute Gasteiger partial charge is 0.325 e. The Kier molecular flexibility index (Phi) is 6.60. The highest BCUT2D eigenvalue weighted by atomic mass is 32.2. The van der Waals surface area contributed by atoms with Gasteiger partial charge in [0.2, 0.25) is 5.91 Å². The Labute approximate surface area is 200 Å². The van der Waals surface area contributed by atoms with E-state index in [4.69, 9.17) is 4.98 Å². The molecule has 168 valence electrons. The van der Waals surface area contributed by atoms with Crippen LogP contribution in [0, 0.1) is 5.92 Å². The fourth-order valence-corrected chi connectivity index (χ4v) is 6.12. The number of amides is 1. The molecule has 0 radical (unpaired) electrons. The number of nitrogens with one attached hydrogen (secondary N) is 1. The zero-order chi connectivity index (χ0) is 22.6. The topological polar surface area (TPSA) is 63.5 Å². The van der Waals surface area contributed by atoms with Crippen LogP contribution in [0.4, 0.5) is 5.69 Å². The van der Waals surface area contributed by atoms with Crippen LogP contribution in [0.25, 0.3) is 16.2 Å². The summed E-state index contributed by atoms with van der Waals surface area (Å²) in [7, 11) is 0. The minimum absolute atomic E-state index is 0.0745. The van der Waals surface area contributed by atoms with Crippen molar-refractivity contribution in [3.05, 3.63) is 82.1 Å². The maximum absolute atomic E-state index is 12.9. The number of carbonyl (C=O) groups is 1. The number of fused-ring (bicyclic) bond motifs is 1. The van der Waals surface area contributed by atoms with Crippen molar-refractivity contribution in [3.63, 3.8) is 0 Å². The van der Waals surface area contributed by atoms with Gasteiger partial charge in [-0.15, -0.1) is 23.1 Å². The summed E-state index contributed by atoms with van der Waals surface area (Å²) in [4.78, 5) is 32.1. The van der Waals surface area contributed by atoms with Gasteiger partial charge in [0.25, 0.3) is 5.56 Å². The molecule has 0 bridgehead atoms. The normalized spacial score (nSPS) is 14.4. The molecule has 0 atom stereocenters. The zero-order valence-corrected chi connectivity index (χ0v) is 19.8. The number of aromatic nitrogens is 2. The summed E-state index contributed by atoms with van der Waals surface area (Å²) >= 11 is 3.06. The van der Waals surface area contributed by atoms with E-state index in [1.54, 1.807) is 22.2 Å². The third-order valence-corrected chi connectivity index (χ3v) is 7.96. The first-order valence-corrected chi connectivity index (χ1v) is 13.1. The van der Waals surface area contributed by atoms with Gasteiger partial charge in [-0.2, -0.15) is 0 Å². The number of anilines is 1. The van der Waals surface area contributed by atoms with Crippen LogP contribution < -0.4 is 10.9 Å². The summed E-state index contributed by atoms with van der Waals surface area (Å²) in [5.41, 5.74) is 3.35. The van der Waals surface area contributed by atoms with Gasteiger partial charge < -0.3 is 5.32 Å². The number of nitrogens with zero attached hydrogens (tertiary/aromatic N) is 2. The summed E-state index contributed by atoms with van der Waals surface area (Å²) in [6, 6.07) is 19.4. The second-order valence-electron chi connectivity index (χ2n) is 8.30. The van der Waals surface area contributed by atoms with E-state index in [-0.39, 0.29) is 17.4 Å². The van der Waals surface area contributed by atoms with Gasteiger partial charge in [-0.05, 0) is 30.5 Å². The molecule has 1 amide bonds. The van der Waals surface area contributed by atoms with Gasteiger partial charge in [0.15, 0.2) is 4.96 Å². The second-order valence-corrected chi connectivity index (χ2v) is 10.2. The number of thiazole rings is 1. The lowest BCUT2D eigenvalue weighted by atomic mass is 9.88. The van der Waals surface area contributed by atoms with E-state index in [1.807, 2.05) is 60.0 Å². The molecule has 33 heavy (non-hydrogen) atoms. The van der Waals surface area contributed by atoms with Crippen molar-refractivity contribution in [1.29, 1.82) is 0 Å². The molecule has 1 aliphatic rings. The van der Waals surface area contributed by atoms with Gasteiger partial charge in [0.1, 0.15) is 0 Å². The molecule has 1 saturated carbocycles. The van der Waals surface area contributed by atoms with Crippen molar-refractivity contribution >= 4 is 39.7 Å². The van der Waals surface area contributed by atoms with Gasteiger partial charge in [-0.3, -0.25) is 14.0 Å². The predicted octanol–water partition coefficient (Wildman–Crippen LogP) is 6.23. The third kappa shape index (κ3) is 4.89. The van der Waals surface area contributed by atoms with Crippen molar-refractivity contribution in [1.82, 2.24) is 9.38 Å². The van der Waals surface area contributed by atoms with Gasteiger partial charge in [0.05, 0.1) is 17.1 Å². The summed E-state index contributed by atoms with van der Waals surface area (Å²) in [6.45, 7) is 0. The van der Waals surface area contributed by atoms with Crippen LogP contribution >= 0.6 is 23.1 Å². The Morgan fingerprint density at radius 1 is 1.06 bits per heavy atom. The van der Waals surface area contributed by atoms with Crippen molar-refractivity contribution in [2.24, 2.45) is 5.92 Å². The number of para-hydroxylation sites is 1. The molecule has 7 heteroatoms. The molecule has 4 aromatic rings. The molecule has 0 saturated heterocycles. The molecule has 0 aliphatic heterocycles. The SMILES string of the molecule is O=C(Nc1ccccc1SCc1cc(=O)n2c(-c3ccccc3)csc2n1)C1CCCCC1. The number of hydrogen-bond donors (Lipinski definition) is 1. The van der Waals surface area contributed by atoms with E-state index in [2.05, 4.69) is 5.32 Å². The van der Waals surface area contributed by atoms with E-state index < -0.39 is 0 Å². The lowest BCUT2D eigenvalue weighted by Gasteiger charge is -2.21. The smallest absolute Gasteiger partial charge is 0.259 e. The molecule has 2 heterocycles. The summed E-state index contributed by atoms with van der Waals surface area (Å²) in [5.74, 6) is 0.784. The Balaban J connectivity index is 1.33. The van der Waals surface area contributed by atoms with Crippen LogP contribution in [0.3, 0.4) is 0 Å². The molecule has 2 aromatic carbocycles. The average Bonchev–Trinajstić information content (AvgIpc) is 3.29. The van der Waals surface area contributed by atoms with E-state index in [1.165, 1.54) is 17.8 Å². The lowest BCUT2D eigenvalue weighted by Crippen LogP contribution is -2.24. The summed E-state index contributed by atoms with van der Waals surface area (Å²) < 4.78 is 1.67. The first-order chi connectivity index (χ1) is 16.2. The first-order valence-electron chi connectivity index (χ1n) is 11.3. The monoisotopic (exact) mass is 475 g/mol. The number of hydrogen-bond acceptors (Lipinski definition) is 5. The molecule has 1 N–H and O–H groups in total. The number of rotatable bonds is 6. The first kappa shape index (κ1) is 21.9. The second kappa shape index (κ2) is 9.93. The van der Waals surface area contributed by atoms with E-state index >= 15 is 0 Å². The molecule has 2 aromatic heterocycles. The Hall–Kier alpha value is -2.90. The summed E-state index contributed by atoms with van der Waals surface area (Å²) in [6.07, 6.45) is 5.44.